The number of ether oxygens (including phenoxy) is 2. The molecule has 0 spiro atoms. The number of para-hydroxylation sites is 1. The van der Waals surface area contributed by atoms with Crippen molar-refractivity contribution < 1.29 is 9.47 Å². The molecule has 1 aromatic carbocycles. The van der Waals surface area contributed by atoms with Gasteiger partial charge in [0.15, 0.2) is 11.5 Å². The van der Waals surface area contributed by atoms with E-state index in [4.69, 9.17) is 9.47 Å². The van der Waals surface area contributed by atoms with E-state index >= 15 is 0 Å². The molecule has 0 radical (unpaired) electrons. The van der Waals surface area contributed by atoms with E-state index in [-0.39, 0.29) is 0 Å². The molecule has 1 aliphatic heterocycles. The van der Waals surface area contributed by atoms with Gasteiger partial charge in [-0.05, 0) is 25.0 Å². The normalized spacial score (nSPS) is 16.4. The SMILES string of the molecule is COc1cccc(C=NN2CCCCCC2)c1OC. The Balaban J connectivity index is 2.13. The highest BCUT2D eigenvalue weighted by molar-refractivity contribution is 5.84. The first-order valence-electron chi connectivity index (χ1n) is 6.85. The Morgan fingerprint density at radius 1 is 1.05 bits per heavy atom. The number of benzene rings is 1. The molecule has 0 N–H and O–H groups in total. The fraction of sp³-hybridized carbons (Fsp3) is 0.533. The molecule has 0 saturated carbocycles. The van der Waals surface area contributed by atoms with Crippen LogP contribution in [0, 0.1) is 0 Å². The van der Waals surface area contributed by atoms with Gasteiger partial charge >= 0.3 is 0 Å². The Morgan fingerprint density at radius 2 is 1.79 bits per heavy atom. The first kappa shape index (κ1) is 13.7. The number of methoxy groups -OCH3 is 2. The monoisotopic (exact) mass is 262 g/mol. The molecule has 0 amide bonds. The highest BCUT2D eigenvalue weighted by Gasteiger charge is 2.09. The van der Waals surface area contributed by atoms with Crippen molar-refractivity contribution in [3.05, 3.63) is 23.8 Å². The van der Waals surface area contributed by atoms with Gasteiger partial charge in [-0.1, -0.05) is 18.9 Å². The molecule has 4 heteroatoms. The van der Waals surface area contributed by atoms with Crippen LogP contribution in [0.25, 0.3) is 0 Å². The van der Waals surface area contributed by atoms with Crippen LogP contribution in [0.2, 0.25) is 0 Å². The Bertz CT molecular complexity index is 424. The molecule has 0 aromatic heterocycles. The zero-order chi connectivity index (χ0) is 13.5. The van der Waals surface area contributed by atoms with E-state index in [0.29, 0.717) is 0 Å². The third-order valence-corrected chi connectivity index (χ3v) is 3.38. The van der Waals surface area contributed by atoms with Crippen LogP contribution in [0.5, 0.6) is 11.5 Å². The summed E-state index contributed by atoms with van der Waals surface area (Å²) in [4.78, 5) is 0. The summed E-state index contributed by atoms with van der Waals surface area (Å²) in [5.74, 6) is 1.48. The van der Waals surface area contributed by atoms with Crippen molar-refractivity contribution >= 4 is 6.21 Å². The maximum Gasteiger partial charge on any atom is 0.169 e. The van der Waals surface area contributed by atoms with Crippen molar-refractivity contribution in [2.24, 2.45) is 5.10 Å². The fourth-order valence-corrected chi connectivity index (χ4v) is 2.33. The molecule has 1 heterocycles. The molecular formula is C15H22N2O2. The van der Waals surface area contributed by atoms with Gasteiger partial charge in [0.05, 0.1) is 20.4 Å². The maximum absolute atomic E-state index is 5.40. The number of hydrogen-bond acceptors (Lipinski definition) is 4. The topological polar surface area (TPSA) is 34.1 Å². The van der Waals surface area contributed by atoms with Crippen molar-refractivity contribution in [1.29, 1.82) is 0 Å². The summed E-state index contributed by atoms with van der Waals surface area (Å²) in [6, 6.07) is 5.83. The van der Waals surface area contributed by atoms with Crippen LogP contribution in [-0.2, 0) is 0 Å². The average molecular weight is 262 g/mol. The van der Waals surface area contributed by atoms with Crippen molar-refractivity contribution in [2.45, 2.75) is 25.7 Å². The lowest BCUT2D eigenvalue weighted by Gasteiger charge is -2.16. The van der Waals surface area contributed by atoms with Crippen LogP contribution < -0.4 is 9.47 Å². The van der Waals surface area contributed by atoms with Gasteiger partial charge in [-0.15, -0.1) is 0 Å². The second kappa shape index (κ2) is 7.02. The third kappa shape index (κ3) is 3.63. The largest absolute Gasteiger partial charge is 0.493 e. The molecular weight excluding hydrogens is 240 g/mol. The summed E-state index contributed by atoms with van der Waals surface area (Å²) >= 11 is 0. The number of hydrogen-bond donors (Lipinski definition) is 0. The quantitative estimate of drug-likeness (QED) is 0.782. The number of nitrogens with zero attached hydrogens (tertiary/aromatic N) is 2. The van der Waals surface area contributed by atoms with Crippen LogP contribution in [0.4, 0.5) is 0 Å². The molecule has 1 saturated heterocycles. The predicted octanol–water partition coefficient (Wildman–Crippen LogP) is 2.91. The molecule has 4 nitrogen and oxygen atoms in total. The standard InChI is InChI=1S/C15H22N2O2/c1-18-14-9-7-8-13(15(14)19-2)12-16-17-10-5-3-4-6-11-17/h7-9,12H,3-6,10-11H2,1-2H3. The van der Waals surface area contributed by atoms with Crippen molar-refractivity contribution in [2.75, 3.05) is 27.3 Å². The zero-order valence-electron chi connectivity index (χ0n) is 11.8. The Kier molecular flexibility index (Phi) is 5.07. The van der Waals surface area contributed by atoms with Crippen LogP contribution in [0.1, 0.15) is 31.2 Å². The van der Waals surface area contributed by atoms with Gasteiger partial charge in [0.25, 0.3) is 0 Å². The summed E-state index contributed by atoms with van der Waals surface area (Å²) in [5.41, 5.74) is 0.950. The van der Waals surface area contributed by atoms with Crippen LogP contribution in [0.3, 0.4) is 0 Å². The van der Waals surface area contributed by atoms with Crippen LogP contribution in [-0.4, -0.2) is 38.5 Å². The van der Waals surface area contributed by atoms with Gasteiger partial charge in [-0.25, -0.2) is 0 Å². The molecule has 19 heavy (non-hydrogen) atoms. The first-order valence-corrected chi connectivity index (χ1v) is 6.85. The third-order valence-electron chi connectivity index (χ3n) is 3.38. The minimum absolute atomic E-state index is 0.738. The molecule has 1 aromatic rings. The molecule has 0 atom stereocenters. The first-order chi connectivity index (χ1) is 9.35. The second-order valence-corrected chi connectivity index (χ2v) is 4.70. The average Bonchev–Trinajstić information content (AvgIpc) is 2.73. The summed E-state index contributed by atoms with van der Waals surface area (Å²) in [6.07, 6.45) is 6.95. The van der Waals surface area contributed by atoms with Gasteiger partial charge in [-0.2, -0.15) is 5.10 Å². The van der Waals surface area contributed by atoms with E-state index in [9.17, 15) is 0 Å². The highest BCUT2D eigenvalue weighted by Crippen LogP contribution is 2.29. The Morgan fingerprint density at radius 3 is 2.42 bits per heavy atom. The molecule has 0 bridgehead atoms. The fourth-order valence-electron chi connectivity index (χ4n) is 2.33. The minimum Gasteiger partial charge on any atom is -0.493 e. The van der Waals surface area contributed by atoms with Crippen LogP contribution in [0.15, 0.2) is 23.3 Å². The zero-order valence-corrected chi connectivity index (χ0v) is 11.8. The second-order valence-electron chi connectivity index (χ2n) is 4.70. The van der Waals surface area contributed by atoms with Crippen LogP contribution >= 0.6 is 0 Å². The smallest absolute Gasteiger partial charge is 0.169 e. The van der Waals surface area contributed by atoms with Gasteiger partial charge in [0.2, 0.25) is 0 Å². The molecule has 1 fully saturated rings. The maximum atomic E-state index is 5.40. The Labute approximate surface area is 115 Å². The summed E-state index contributed by atoms with van der Waals surface area (Å²) in [5, 5.41) is 6.71. The summed E-state index contributed by atoms with van der Waals surface area (Å²) in [6.45, 7) is 2.09. The lowest BCUT2D eigenvalue weighted by Crippen LogP contribution is -2.18. The molecule has 0 unspecified atom stereocenters. The van der Waals surface area contributed by atoms with E-state index in [1.54, 1.807) is 14.2 Å². The molecule has 104 valence electrons. The molecule has 2 rings (SSSR count). The predicted molar refractivity (Wildman–Crippen MR) is 77.2 cm³/mol. The van der Waals surface area contributed by atoms with Gasteiger partial charge in [-0.3, -0.25) is 5.01 Å². The van der Waals surface area contributed by atoms with E-state index in [0.717, 1.165) is 30.2 Å². The van der Waals surface area contributed by atoms with E-state index in [1.165, 1.54) is 25.7 Å². The van der Waals surface area contributed by atoms with Gasteiger partial charge < -0.3 is 9.47 Å². The minimum atomic E-state index is 0.738. The number of rotatable bonds is 4. The lowest BCUT2D eigenvalue weighted by molar-refractivity contribution is 0.302. The van der Waals surface area contributed by atoms with Crippen molar-refractivity contribution in [3.8, 4) is 11.5 Å². The molecule has 1 aliphatic rings. The Hall–Kier alpha value is -1.71. The van der Waals surface area contributed by atoms with E-state index in [1.807, 2.05) is 24.4 Å². The van der Waals surface area contributed by atoms with Crippen molar-refractivity contribution in [1.82, 2.24) is 5.01 Å². The van der Waals surface area contributed by atoms with E-state index < -0.39 is 0 Å². The van der Waals surface area contributed by atoms with Gasteiger partial charge in [0.1, 0.15) is 0 Å². The molecule has 0 aliphatic carbocycles. The van der Waals surface area contributed by atoms with Crippen molar-refractivity contribution in [3.63, 3.8) is 0 Å². The van der Waals surface area contributed by atoms with E-state index in [2.05, 4.69) is 10.1 Å². The lowest BCUT2D eigenvalue weighted by atomic mass is 10.2. The van der Waals surface area contributed by atoms with Gasteiger partial charge in [0, 0.05) is 18.7 Å². The highest BCUT2D eigenvalue weighted by atomic mass is 16.5. The summed E-state index contributed by atoms with van der Waals surface area (Å²) < 4.78 is 10.7. The summed E-state index contributed by atoms with van der Waals surface area (Å²) in [7, 11) is 3.30. The number of hydrazone groups is 1.